The summed E-state index contributed by atoms with van der Waals surface area (Å²) >= 11 is 0. The number of carbonyl (C=O) groups is 1. The van der Waals surface area contributed by atoms with Crippen molar-refractivity contribution in [1.82, 2.24) is 0 Å². The molecule has 0 amide bonds. The molecule has 0 aromatic heterocycles. The molecule has 0 N–H and O–H groups in total. The normalized spacial score (nSPS) is 53.2. The summed E-state index contributed by atoms with van der Waals surface area (Å²) in [7, 11) is 0. The van der Waals surface area contributed by atoms with Crippen LogP contribution in [0.25, 0.3) is 0 Å². The van der Waals surface area contributed by atoms with Crippen LogP contribution in [0.4, 0.5) is 0 Å². The highest BCUT2D eigenvalue weighted by Gasteiger charge is 2.63. The van der Waals surface area contributed by atoms with Crippen molar-refractivity contribution in [3.05, 3.63) is 11.6 Å². The molecule has 0 aromatic carbocycles. The first kappa shape index (κ1) is 17.8. The van der Waals surface area contributed by atoms with E-state index in [1.165, 1.54) is 57.7 Å². The molecule has 0 bridgehead atoms. The molecule has 8 atom stereocenters. The standard InChI is InChI=1S/C24H38O/c1-16-8-11-22(3)18(14-16)9-12-24(5)20-7-6-19(17(2)15-25)23(20,4)13-10-21(22)24/h9,15-17,19-21H,6-8,10-14H2,1-5H3/t16-,17+,19+,20+,21+,22-,23+,24?/m0/s1. The third-order valence-corrected chi connectivity index (χ3v) is 9.84. The van der Waals surface area contributed by atoms with Gasteiger partial charge in [0.1, 0.15) is 6.29 Å². The average molecular weight is 343 g/mol. The lowest BCUT2D eigenvalue weighted by Crippen LogP contribution is -2.56. The topological polar surface area (TPSA) is 17.1 Å². The van der Waals surface area contributed by atoms with Gasteiger partial charge in [-0.05, 0) is 91.3 Å². The number of hydrogen-bond donors (Lipinski definition) is 0. The van der Waals surface area contributed by atoms with Gasteiger partial charge in [-0.25, -0.2) is 0 Å². The Morgan fingerprint density at radius 3 is 2.52 bits per heavy atom. The zero-order chi connectivity index (χ0) is 18.0. The second-order valence-corrected chi connectivity index (χ2v) is 11.0. The molecule has 3 saturated carbocycles. The molecule has 0 spiro atoms. The molecule has 0 saturated heterocycles. The first-order chi connectivity index (χ1) is 11.8. The van der Waals surface area contributed by atoms with Crippen molar-refractivity contribution in [3.63, 3.8) is 0 Å². The van der Waals surface area contributed by atoms with Crippen LogP contribution in [0.15, 0.2) is 11.6 Å². The first-order valence-corrected chi connectivity index (χ1v) is 10.9. The Morgan fingerprint density at radius 1 is 1.04 bits per heavy atom. The van der Waals surface area contributed by atoms with Gasteiger partial charge in [-0.3, -0.25) is 0 Å². The van der Waals surface area contributed by atoms with Gasteiger partial charge in [0.2, 0.25) is 0 Å². The number of aldehydes is 1. The van der Waals surface area contributed by atoms with E-state index in [1.54, 1.807) is 5.57 Å². The van der Waals surface area contributed by atoms with Gasteiger partial charge in [-0.2, -0.15) is 0 Å². The van der Waals surface area contributed by atoms with Gasteiger partial charge < -0.3 is 4.79 Å². The Balaban J connectivity index is 1.71. The second-order valence-electron chi connectivity index (χ2n) is 11.0. The third kappa shape index (κ3) is 2.29. The van der Waals surface area contributed by atoms with Crippen LogP contribution in [0.5, 0.6) is 0 Å². The third-order valence-electron chi connectivity index (χ3n) is 9.84. The predicted octanol–water partition coefficient (Wildman–Crippen LogP) is 6.43. The van der Waals surface area contributed by atoms with Crippen molar-refractivity contribution in [3.8, 4) is 0 Å². The molecule has 0 aliphatic heterocycles. The largest absolute Gasteiger partial charge is 0.303 e. The quantitative estimate of drug-likeness (QED) is 0.417. The maximum Gasteiger partial charge on any atom is 0.123 e. The van der Waals surface area contributed by atoms with Crippen LogP contribution in [0, 0.1) is 45.8 Å². The van der Waals surface area contributed by atoms with Crippen molar-refractivity contribution < 1.29 is 4.79 Å². The minimum atomic E-state index is 0.232. The van der Waals surface area contributed by atoms with Crippen molar-refractivity contribution in [2.45, 2.75) is 86.0 Å². The van der Waals surface area contributed by atoms with Crippen LogP contribution >= 0.6 is 0 Å². The molecule has 0 heterocycles. The highest BCUT2D eigenvalue weighted by atomic mass is 16.1. The Kier molecular flexibility index (Phi) is 4.06. The minimum absolute atomic E-state index is 0.232. The molecular weight excluding hydrogens is 304 g/mol. The van der Waals surface area contributed by atoms with E-state index >= 15 is 0 Å². The number of hydrogen-bond acceptors (Lipinski definition) is 1. The van der Waals surface area contributed by atoms with E-state index in [0.29, 0.717) is 22.2 Å². The molecule has 1 heteroatoms. The lowest BCUT2D eigenvalue weighted by Gasteiger charge is -2.63. The second kappa shape index (κ2) is 5.70. The van der Waals surface area contributed by atoms with Gasteiger partial charge in [-0.15, -0.1) is 0 Å². The Morgan fingerprint density at radius 2 is 1.80 bits per heavy atom. The van der Waals surface area contributed by atoms with Crippen LogP contribution in [0.1, 0.15) is 86.0 Å². The van der Waals surface area contributed by atoms with Crippen LogP contribution in [-0.2, 0) is 4.79 Å². The van der Waals surface area contributed by atoms with Crippen LogP contribution in [-0.4, -0.2) is 6.29 Å². The Labute approximate surface area is 155 Å². The van der Waals surface area contributed by atoms with E-state index < -0.39 is 0 Å². The fourth-order valence-corrected chi connectivity index (χ4v) is 8.50. The van der Waals surface area contributed by atoms with E-state index in [2.05, 4.69) is 40.7 Å². The van der Waals surface area contributed by atoms with Gasteiger partial charge >= 0.3 is 0 Å². The lowest BCUT2D eigenvalue weighted by molar-refractivity contribution is -0.123. The van der Waals surface area contributed by atoms with Crippen LogP contribution in [0.3, 0.4) is 0 Å². The molecule has 140 valence electrons. The first-order valence-electron chi connectivity index (χ1n) is 10.9. The summed E-state index contributed by atoms with van der Waals surface area (Å²) in [4.78, 5) is 11.5. The number of carbonyl (C=O) groups excluding carboxylic acids is 1. The van der Waals surface area contributed by atoms with Gasteiger partial charge in [0.05, 0.1) is 0 Å². The molecule has 3 fully saturated rings. The molecule has 1 unspecified atom stereocenters. The van der Waals surface area contributed by atoms with Gasteiger partial charge in [0.25, 0.3) is 0 Å². The Bertz CT molecular complexity index is 591. The van der Waals surface area contributed by atoms with E-state index in [0.717, 1.165) is 17.8 Å². The molecule has 4 aliphatic carbocycles. The number of allylic oxidation sites excluding steroid dienone is 2. The van der Waals surface area contributed by atoms with Gasteiger partial charge in [-0.1, -0.05) is 46.3 Å². The maximum absolute atomic E-state index is 11.5. The zero-order valence-corrected chi connectivity index (χ0v) is 17.1. The van der Waals surface area contributed by atoms with E-state index in [4.69, 9.17) is 0 Å². The molecule has 0 radical (unpaired) electrons. The van der Waals surface area contributed by atoms with Crippen LogP contribution < -0.4 is 0 Å². The van der Waals surface area contributed by atoms with Crippen molar-refractivity contribution >= 4 is 6.29 Å². The number of fused-ring (bicyclic) bond motifs is 5. The summed E-state index contributed by atoms with van der Waals surface area (Å²) in [6, 6.07) is 0. The van der Waals surface area contributed by atoms with Gasteiger partial charge in [0, 0.05) is 5.92 Å². The van der Waals surface area contributed by atoms with Crippen molar-refractivity contribution in [2.24, 2.45) is 45.8 Å². The van der Waals surface area contributed by atoms with E-state index in [1.807, 2.05) is 0 Å². The summed E-state index contributed by atoms with van der Waals surface area (Å²) in [5, 5.41) is 0. The average Bonchev–Trinajstić information content (AvgIpc) is 2.93. The monoisotopic (exact) mass is 342 g/mol. The van der Waals surface area contributed by atoms with Crippen molar-refractivity contribution in [2.75, 3.05) is 0 Å². The summed E-state index contributed by atoms with van der Waals surface area (Å²) in [5.74, 6) is 3.38. The summed E-state index contributed by atoms with van der Waals surface area (Å²) in [5.41, 5.74) is 3.08. The highest BCUT2D eigenvalue weighted by molar-refractivity contribution is 5.54. The summed E-state index contributed by atoms with van der Waals surface area (Å²) < 4.78 is 0. The highest BCUT2D eigenvalue weighted by Crippen LogP contribution is 2.71. The van der Waals surface area contributed by atoms with E-state index in [-0.39, 0.29) is 5.92 Å². The molecule has 1 nitrogen and oxygen atoms in total. The molecule has 4 rings (SSSR count). The van der Waals surface area contributed by atoms with Crippen LogP contribution in [0.2, 0.25) is 0 Å². The fourth-order valence-electron chi connectivity index (χ4n) is 8.50. The molecule has 0 aromatic rings. The predicted molar refractivity (Wildman–Crippen MR) is 104 cm³/mol. The minimum Gasteiger partial charge on any atom is -0.303 e. The van der Waals surface area contributed by atoms with Crippen molar-refractivity contribution in [1.29, 1.82) is 0 Å². The van der Waals surface area contributed by atoms with Gasteiger partial charge in [0.15, 0.2) is 0 Å². The molecule has 4 aliphatic rings. The summed E-state index contributed by atoms with van der Waals surface area (Å²) in [6.07, 6.45) is 14.7. The fraction of sp³-hybridized carbons (Fsp3) is 0.875. The molecular formula is C24H38O. The number of rotatable bonds is 2. The zero-order valence-electron chi connectivity index (χ0n) is 17.1. The summed E-state index contributed by atoms with van der Waals surface area (Å²) in [6.45, 7) is 12.4. The smallest absolute Gasteiger partial charge is 0.123 e. The SMILES string of the molecule is C[C@H]1CC[C@@]2(C)C(=CCC3(C)[C@@H]4CC[C@H]([C@H](C)C=O)[C@@]4(C)CC[C@@H]32)C1. The Hall–Kier alpha value is -0.590. The van der Waals surface area contributed by atoms with E-state index in [9.17, 15) is 4.79 Å². The lowest BCUT2D eigenvalue weighted by atomic mass is 9.41. The maximum atomic E-state index is 11.5. The molecule has 25 heavy (non-hydrogen) atoms.